The van der Waals surface area contributed by atoms with Crippen LogP contribution in [-0.4, -0.2) is 178 Å². The number of carboxylic acids is 1. The van der Waals surface area contributed by atoms with Crippen LogP contribution in [0.3, 0.4) is 0 Å². The number of aliphatic hydroxyl groups is 1. The van der Waals surface area contributed by atoms with Crippen molar-refractivity contribution in [3.8, 4) is 5.75 Å². The number of benzene rings is 1. The molecule has 3 aliphatic rings. The standard InChI is InChI=1S/C49H74ClN3O16S2/c1-31-12-11-13-38(62-10)49(60)30-37(67-46(59)51-49)32(2)44-48(6,69-44)39(29-41(55)53(8)35-27-34(26-31)28-36(61-9)43(35)50)68-45(58)33(3)52(7)40(54)14-16-47(4,5)71-70-25-24-66-23-22-65-21-20-64-19-18-63-17-15-42(56)57/h11-13,27-28,32-33,37-39,44,60H,14-26,29-30H2,1-10H3,(H,51,59)(H,56,57)/b13-11+,31-12+. The van der Waals surface area contributed by atoms with Crippen molar-refractivity contribution in [2.75, 3.05) is 91.8 Å². The second-order valence-corrected chi connectivity index (χ2v) is 22.2. The summed E-state index contributed by atoms with van der Waals surface area (Å²) in [6.45, 7) is 14.1. The van der Waals surface area contributed by atoms with Crippen LogP contribution in [0, 0.1) is 5.92 Å². The summed E-state index contributed by atoms with van der Waals surface area (Å²) in [5.41, 5.74) is -1.03. The number of aliphatic carboxylic acids is 1. The summed E-state index contributed by atoms with van der Waals surface area (Å²) in [7, 11) is 9.31. The van der Waals surface area contributed by atoms with E-state index in [4.69, 9.17) is 59.3 Å². The van der Waals surface area contributed by atoms with Crippen molar-refractivity contribution in [3.63, 3.8) is 0 Å². The molecule has 22 heteroatoms. The largest absolute Gasteiger partial charge is 0.495 e. The molecule has 400 valence electrons. The van der Waals surface area contributed by atoms with Gasteiger partial charge < -0.3 is 62.6 Å². The highest BCUT2D eigenvalue weighted by Crippen LogP contribution is 2.49. The van der Waals surface area contributed by atoms with Crippen LogP contribution in [0.15, 0.2) is 35.9 Å². The summed E-state index contributed by atoms with van der Waals surface area (Å²) in [6.07, 6.45) is 1.37. The zero-order valence-corrected chi connectivity index (χ0v) is 45.0. The first-order valence-corrected chi connectivity index (χ1v) is 26.4. The van der Waals surface area contributed by atoms with E-state index in [2.05, 4.69) is 5.32 Å². The topological polar surface area (TPSA) is 231 Å². The number of hydrogen-bond acceptors (Lipinski definition) is 17. The van der Waals surface area contributed by atoms with E-state index < -0.39 is 71.6 Å². The number of epoxide rings is 1. The first-order valence-electron chi connectivity index (χ1n) is 23.7. The summed E-state index contributed by atoms with van der Waals surface area (Å²) in [6, 6.07) is 2.54. The van der Waals surface area contributed by atoms with E-state index in [1.54, 1.807) is 80.7 Å². The summed E-state index contributed by atoms with van der Waals surface area (Å²) < 4.78 is 51.0. The second kappa shape index (κ2) is 28.1. The summed E-state index contributed by atoms with van der Waals surface area (Å²) in [5.74, 6) is -1.84. The monoisotopic (exact) mass is 1060 g/mol. The Hall–Kier alpha value is -3.64. The third-order valence-corrected chi connectivity index (χ3v) is 16.3. The van der Waals surface area contributed by atoms with Crippen LogP contribution in [0.4, 0.5) is 10.5 Å². The van der Waals surface area contributed by atoms with Gasteiger partial charge in [0.1, 0.15) is 40.7 Å². The van der Waals surface area contributed by atoms with E-state index in [0.717, 1.165) is 16.9 Å². The Balaban J connectivity index is 1.37. The zero-order chi connectivity index (χ0) is 52.5. The number of ether oxygens (including phenoxy) is 9. The molecule has 3 aliphatic heterocycles. The molecular formula is C49H74ClN3O16S2. The molecule has 71 heavy (non-hydrogen) atoms. The van der Waals surface area contributed by atoms with Crippen molar-refractivity contribution < 1.29 is 76.8 Å². The quantitative estimate of drug-likeness (QED) is 0.0442. The van der Waals surface area contributed by atoms with Crippen LogP contribution in [0.1, 0.15) is 79.2 Å². The minimum Gasteiger partial charge on any atom is -0.495 e. The minimum atomic E-state index is -1.85. The predicted octanol–water partition coefficient (Wildman–Crippen LogP) is 6.00. The molecule has 8 unspecified atom stereocenters. The highest BCUT2D eigenvalue weighted by molar-refractivity contribution is 8.77. The highest BCUT2D eigenvalue weighted by Gasteiger charge is 2.64. The number of allylic oxidation sites excluding steroid dienone is 3. The molecule has 3 heterocycles. The van der Waals surface area contributed by atoms with Gasteiger partial charge in [-0.15, -0.1) is 0 Å². The van der Waals surface area contributed by atoms with Gasteiger partial charge >= 0.3 is 18.0 Å². The molecule has 3 amide bonds. The molecule has 1 aromatic carbocycles. The maximum absolute atomic E-state index is 14.3. The van der Waals surface area contributed by atoms with Gasteiger partial charge in [-0.1, -0.05) is 63.9 Å². The molecular weight excluding hydrogens is 986 g/mol. The van der Waals surface area contributed by atoms with Gasteiger partial charge in [0, 0.05) is 50.5 Å². The number of anilines is 1. The van der Waals surface area contributed by atoms with Crippen LogP contribution >= 0.6 is 33.2 Å². The summed E-state index contributed by atoms with van der Waals surface area (Å²) in [5, 5.41) is 23.2. The molecule has 0 aromatic heterocycles. The Morgan fingerprint density at radius 3 is 2.28 bits per heavy atom. The molecule has 4 rings (SSSR count). The van der Waals surface area contributed by atoms with E-state index >= 15 is 0 Å². The molecule has 0 saturated carbocycles. The number of hydrogen-bond donors (Lipinski definition) is 3. The summed E-state index contributed by atoms with van der Waals surface area (Å²) in [4.78, 5) is 68.3. The van der Waals surface area contributed by atoms with E-state index in [1.807, 2.05) is 26.8 Å². The fourth-order valence-corrected chi connectivity index (χ4v) is 10.8. The van der Waals surface area contributed by atoms with Crippen LogP contribution in [-0.2, 0) is 63.5 Å². The van der Waals surface area contributed by atoms with Crippen molar-refractivity contribution in [3.05, 3.63) is 46.5 Å². The van der Waals surface area contributed by atoms with Gasteiger partial charge in [0.15, 0.2) is 5.72 Å². The number of halogens is 1. The SMILES string of the molecule is COc1cc2cc(c1Cl)N(C)C(=O)CC(OC(=O)C(C)N(C)C(=O)CCC(C)(C)SSCCOCCOCCOCCOCCC(=O)O)C1(C)OC1C(C)C1CC(O)(NC(=O)O1)C(OC)/C=C/C=C(\C)C2. The molecule has 0 aliphatic carbocycles. The molecule has 2 saturated heterocycles. The molecule has 0 spiro atoms. The third kappa shape index (κ3) is 18.1. The van der Waals surface area contributed by atoms with Crippen molar-refractivity contribution in [1.82, 2.24) is 10.2 Å². The molecule has 2 fully saturated rings. The number of amides is 3. The number of likely N-dealkylation sites (N-methyl/N-ethyl adjacent to an activating group) is 1. The Kier molecular flexibility index (Phi) is 23.8. The lowest BCUT2D eigenvalue weighted by Crippen LogP contribution is -2.63. The normalized spacial score (nSPS) is 26.5. The number of methoxy groups -OCH3 is 2. The molecule has 8 atom stereocenters. The molecule has 19 nitrogen and oxygen atoms in total. The van der Waals surface area contributed by atoms with Crippen molar-refractivity contribution in [2.45, 2.75) is 127 Å². The Morgan fingerprint density at radius 1 is 1.03 bits per heavy atom. The van der Waals surface area contributed by atoms with E-state index in [9.17, 15) is 29.1 Å². The number of fused-ring (bicyclic) bond motifs is 5. The molecule has 3 N–H and O–H groups in total. The van der Waals surface area contributed by atoms with E-state index in [0.29, 0.717) is 70.5 Å². The van der Waals surface area contributed by atoms with Crippen LogP contribution in [0.2, 0.25) is 5.02 Å². The average molecular weight is 1060 g/mol. The van der Waals surface area contributed by atoms with Crippen LogP contribution in [0.25, 0.3) is 0 Å². The van der Waals surface area contributed by atoms with Crippen molar-refractivity contribution in [2.24, 2.45) is 5.92 Å². The van der Waals surface area contributed by atoms with Crippen molar-refractivity contribution >= 4 is 68.7 Å². The van der Waals surface area contributed by atoms with Gasteiger partial charge in [-0.25, -0.2) is 9.59 Å². The number of nitrogens with one attached hydrogen (secondary N) is 1. The van der Waals surface area contributed by atoms with E-state index in [-0.39, 0.29) is 48.0 Å². The number of carboxylic acid groups (broad SMARTS) is 1. The van der Waals surface area contributed by atoms with Gasteiger partial charge in [-0.2, -0.15) is 0 Å². The fourth-order valence-electron chi connectivity index (χ4n) is 8.06. The smallest absolute Gasteiger partial charge is 0.409 e. The number of carbonyl (C=O) groups excluding carboxylic acids is 4. The lowest BCUT2D eigenvalue weighted by atomic mass is 9.83. The van der Waals surface area contributed by atoms with Gasteiger partial charge in [0.05, 0.1) is 84.6 Å². The van der Waals surface area contributed by atoms with Crippen molar-refractivity contribution in [1.29, 1.82) is 0 Å². The molecule has 4 bridgehead atoms. The Morgan fingerprint density at radius 2 is 1.66 bits per heavy atom. The van der Waals surface area contributed by atoms with Crippen LogP contribution in [0.5, 0.6) is 5.75 Å². The first kappa shape index (κ1) is 59.9. The van der Waals surface area contributed by atoms with Crippen LogP contribution < -0.4 is 15.0 Å². The van der Waals surface area contributed by atoms with E-state index in [1.165, 1.54) is 24.0 Å². The average Bonchev–Trinajstić information content (AvgIpc) is 4.02. The maximum atomic E-state index is 14.3. The van der Waals surface area contributed by atoms with Gasteiger partial charge in [-0.05, 0) is 65.2 Å². The molecule has 0 radical (unpaired) electrons. The second-order valence-electron chi connectivity index (χ2n) is 18.7. The summed E-state index contributed by atoms with van der Waals surface area (Å²) >= 11 is 6.82. The number of esters is 1. The zero-order valence-electron chi connectivity index (χ0n) is 42.7. The number of rotatable bonds is 25. The van der Waals surface area contributed by atoms with Gasteiger partial charge in [0.2, 0.25) is 11.8 Å². The maximum Gasteiger partial charge on any atom is 0.409 e. The fraction of sp³-hybridized carbons (Fsp3) is 0.694. The minimum absolute atomic E-state index is 0.0382. The van der Waals surface area contributed by atoms with Gasteiger partial charge in [0.25, 0.3) is 0 Å². The third-order valence-electron chi connectivity index (χ3n) is 12.6. The Labute approximate surface area is 430 Å². The number of carbonyl (C=O) groups is 5. The number of nitrogens with zero attached hydrogens (tertiary/aromatic N) is 2. The van der Waals surface area contributed by atoms with Gasteiger partial charge in [-0.3, -0.25) is 19.7 Å². The lowest BCUT2D eigenvalue weighted by Gasteiger charge is -2.42. The molecule has 1 aromatic rings. The Bertz CT molecular complexity index is 2030. The lowest BCUT2D eigenvalue weighted by molar-refractivity contribution is -0.162. The number of alkyl carbamates (subject to hydrolysis) is 1. The first-order chi connectivity index (χ1) is 33.5. The predicted molar refractivity (Wildman–Crippen MR) is 270 cm³/mol. The highest BCUT2D eigenvalue weighted by atomic mass is 35.5.